The molecule has 0 atom stereocenters. The first kappa shape index (κ1) is 15.3. The van der Waals surface area contributed by atoms with Gasteiger partial charge < -0.3 is 5.11 Å². The minimum atomic E-state index is -0.553. The first-order chi connectivity index (χ1) is 11.1. The molecule has 1 N–H and O–H groups in total. The van der Waals surface area contributed by atoms with Gasteiger partial charge in [-0.3, -0.25) is 9.36 Å². The van der Waals surface area contributed by atoms with Crippen LogP contribution in [0.3, 0.4) is 0 Å². The molecule has 23 heavy (non-hydrogen) atoms. The van der Waals surface area contributed by atoms with Crippen LogP contribution < -0.4 is 0 Å². The Morgan fingerprint density at radius 2 is 2.00 bits per heavy atom. The fourth-order valence-corrected chi connectivity index (χ4v) is 2.48. The largest absolute Gasteiger partial charge is 0.388 e. The molecule has 1 heterocycles. The van der Waals surface area contributed by atoms with Gasteiger partial charge in [0.05, 0.1) is 10.7 Å². The van der Waals surface area contributed by atoms with Crippen LogP contribution in [0.15, 0.2) is 48.8 Å². The monoisotopic (exact) mass is 331 g/mol. The van der Waals surface area contributed by atoms with E-state index in [1.165, 1.54) is 23.0 Å². The quantitative estimate of drug-likeness (QED) is 0.746. The lowest BCUT2D eigenvalue weighted by Gasteiger charge is -2.12. The van der Waals surface area contributed by atoms with Gasteiger partial charge >= 0.3 is 0 Å². The number of benzene rings is 2. The van der Waals surface area contributed by atoms with E-state index in [1.54, 1.807) is 24.3 Å². The van der Waals surface area contributed by atoms with Gasteiger partial charge in [-0.15, -0.1) is 10.2 Å². The Bertz CT molecular complexity index is 879. The van der Waals surface area contributed by atoms with Crippen molar-refractivity contribution in [1.82, 2.24) is 14.8 Å². The summed E-state index contributed by atoms with van der Waals surface area (Å²) in [6, 6.07) is 10.3. The lowest BCUT2D eigenvalue weighted by atomic mass is 10.0. The summed E-state index contributed by atoms with van der Waals surface area (Å²) in [4.78, 5) is 12.8. The molecule has 116 valence electrons. The van der Waals surface area contributed by atoms with E-state index in [0.29, 0.717) is 5.69 Å². The zero-order chi connectivity index (χ0) is 16.4. The van der Waals surface area contributed by atoms with E-state index in [4.69, 9.17) is 11.6 Å². The van der Waals surface area contributed by atoms with Gasteiger partial charge in [0.1, 0.15) is 18.8 Å². The van der Waals surface area contributed by atoms with Crippen LogP contribution in [0.2, 0.25) is 5.02 Å². The summed E-state index contributed by atoms with van der Waals surface area (Å²) in [5.74, 6) is -0.740. The van der Waals surface area contributed by atoms with Gasteiger partial charge in [0, 0.05) is 11.1 Å². The van der Waals surface area contributed by atoms with Gasteiger partial charge in [0.25, 0.3) is 0 Å². The fraction of sp³-hybridized carbons (Fsp3) is 0.0625. The van der Waals surface area contributed by atoms with Gasteiger partial charge in [0.2, 0.25) is 0 Å². The highest BCUT2D eigenvalue weighted by atomic mass is 35.5. The zero-order valence-electron chi connectivity index (χ0n) is 11.8. The van der Waals surface area contributed by atoms with E-state index >= 15 is 0 Å². The zero-order valence-corrected chi connectivity index (χ0v) is 12.5. The molecule has 0 aliphatic rings. The minimum absolute atomic E-state index is 0.104. The molecule has 0 bridgehead atoms. The smallest absolute Gasteiger partial charge is 0.196 e. The van der Waals surface area contributed by atoms with Gasteiger partial charge in [-0.25, -0.2) is 4.39 Å². The fourth-order valence-electron chi connectivity index (χ4n) is 2.26. The average Bonchev–Trinajstić information content (AvgIpc) is 3.03. The second-order valence-electron chi connectivity index (χ2n) is 4.75. The van der Waals surface area contributed by atoms with Gasteiger partial charge in [0.15, 0.2) is 11.6 Å². The maximum absolute atomic E-state index is 13.7. The molecule has 3 rings (SSSR count). The second kappa shape index (κ2) is 6.28. The summed E-state index contributed by atoms with van der Waals surface area (Å²) in [6.07, 6.45) is 1.35. The molecule has 0 aliphatic carbocycles. The molecular formula is C16H11ClFN3O2. The predicted molar refractivity (Wildman–Crippen MR) is 82.1 cm³/mol. The summed E-state index contributed by atoms with van der Waals surface area (Å²) in [7, 11) is 0. The van der Waals surface area contributed by atoms with Crippen molar-refractivity contribution in [3.63, 3.8) is 0 Å². The Hall–Kier alpha value is -2.57. The Balaban J connectivity index is 2.18. The van der Waals surface area contributed by atoms with Crippen molar-refractivity contribution in [1.29, 1.82) is 0 Å². The third-order valence-electron chi connectivity index (χ3n) is 3.34. The van der Waals surface area contributed by atoms with E-state index in [1.807, 2.05) is 0 Å². The van der Waals surface area contributed by atoms with E-state index < -0.39 is 11.6 Å². The maximum Gasteiger partial charge on any atom is 0.196 e. The third kappa shape index (κ3) is 2.86. The van der Waals surface area contributed by atoms with Crippen LogP contribution in [0.1, 0.15) is 21.7 Å². The van der Waals surface area contributed by atoms with Crippen molar-refractivity contribution in [2.75, 3.05) is 0 Å². The molecule has 0 saturated heterocycles. The predicted octanol–water partition coefficient (Wildman–Crippen LogP) is 2.78. The van der Waals surface area contributed by atoms with Crippen LogP contribution in [0, 0.1) is 5.82 Å². The van der Waals surface area contributed by atoms with Crippen LogP contribution >= 0.6 is 11.6 Å². The summed E-state index contributed by atoms with van der Waals surface area (Å²) >= 11 is 6.06. The second-order valence-corrected chi connectivity index (χ2v) is 5.15. The lowest BCUT2D eigenvalue weighted by molar-refractivity contribution is 0.103. The molecule has 0 unspecified atom stereocenters. The van der Waals surface area contributed by atoms with Gasteiger partial charge in [-0.1, -0.05) is 23.7 Å². The number of aliphatic hydroxyl groups excluding tert-OH is 1. The van der Waals surface area contributed by atoms with Crippen molar-refractivity contribution >= 4 is 17.4 Å². The number of aromatic nitrogens is 3. The molecule has 0 spiro atoms. The number of nitrogens with zero attached hydrogens (tertiary/aromatic N) is 3. The number of carbonyl (C=O) groups is 1. The highest BCUT2D eigenvalue weighted by Gasteiger charge is 2.19. The highest BCUT2D eigenvalue weighted by Crippen LogP contribution is 2.24. The van der Waals surface area contributed by atoms with Gasteiger partial charge in [-0.05, 0) is 30.3 Å². The molecular weight excluding hydrogens is 321 g/mol. The molecule has 0 aliphatic heterocycles. The first-order valence-corrected chi connectivity index (χ1v) is 7.08. The number of carbonyl (C=O) groups excluding carboxylic acids is 1. The van der Waals surface area contributed by atoms with Crippen molar-refractivity contribution in [3.05, 3.63) is 76.6 Å². The van der Waals surface area contributed by atoms with Crippen LogP contribution in [0.4, 0.5) is 4.39 Å². The highest BCUT2D eigenvalue weighted by molar-refractivity contribution is 6.35. The standard InChI is InChI=1S/C16H11ClFN3O2/c17-13-4-2-1-3-11(13)16(23)12-7-10(18)5-6-14(12)21-9-19-20-15(21)8-22/h1-7,9,22H,8H2. The van der Waals surface area contributed by atoms with Gasteiger partial charge in [-0.2, -0.15) is 0 Å². The van der Waals surface area contributed by atoms with Crippen molar-refractivity contribution < 1.29 is 14.3 Å². The van der Waals surface area contributed by atoms with E-state index in [2.05, 4.69) is 10.2 Å². The number of hydrogen-bond acceptors (Lipinski definition) is 4. The first-order valence-electron chi connectivity index (χ1n) is 6.70. The molecule has 0 amide bonds. The van der Waals surface area contributed by atoms with Crippen LogP contribution in [0.5, 0.6) is 0 Å². The number of rotatable bonds is 4. The lowest BCUT2D eigenvalue weighted by Crippen LogP contribution is -2.10. The maximum atomic E-state index is 13.7. The molecule has 0 radical (unpaired) electrons. The Morgan fingerprint density at radius 3 is 2.74 bits per heavy atom. The summed E-state index contributed by atoms with van der Waals surface area (Å²) in [6.45, 7) is -0.364. The summed E-state index contributed by atoms with van der Waals surface area (Å²) < 4.78 is 15.1. The summed E-state index contributed by atoms with van der Waals surface area (Å²) in [5, 5.41) is 17.0. The molecule has 0 saturated carbocycles. The average molecular weight is 332 g/mol. The van der Waals surface area contributed by atoms with E-state index in [9.17, 15) is 14.3 Å². The Morgan fingerprint density at radius 1 is 1.22 bits per heavy atom. The van der Waals surface area contributed by atoms with Crippen LogP contribution in [-0.2, 0) is 6.61 Å². The number of halogens is 2. The van der Waals surface area contributed by atoms with Crippen LogP contribution in [0.25, 0.3) is 5.69 Å². The van der Waals surface area contributed by atoms with Crippen molar-refractivity contribution in [3.8, 4) is 5.69 Å². The summed E-state index contributed by atoms with van der Waals surface area (Å²) in [5.41, 5.74) is 0.734. The van der Waals surface area contributed by atoms with E-state index in [0.717, 1.165) is 6.07 Å². The SMILES string of the molecule is O=C(c1ccccc1Cl)c1cc(F)ccc1-n1cnnc1CO. The number of aliphatic hydroxyl groups is 1. The van der Waals surface area contributed by atoms with Crippen LogP contribution in [-0.4, -0.2) is 25.7 Å². The molecule has 2 aromatic carbocycles. The normalized spacial score (nSPS) is 10.7. The molecule has 5 nitrogen and oxygen atoms in total. The topological polar surface area (TPSA) is 68.0 Å². The Labute approximate surface area is 136 Å². The third-order valence-corrected chi connectivity index (χ3v) is 3.67. The number of ketones is 1. The minimum Gasteiger partial charge on any atom is -0.388 e. The molecule has 1 aromatic heterocycles. The molecule has 7 heteroatoms. The van der Waals surface area contributed by atoms with Crippen molar-refractivity contribution in [2.45, 2.75) is 6.61 Å². The molecule has 0 fully saturated rings. The number of hydrogen-bond donors (Lipinski definition) is 1. The van der Waals surface area contributed by atoms with Crippen molar-refractivity contribution in [2.24, 2.45) is 0 Å². The van der Waals surface area contributed by atoms with E-state index in [-0.39, 0.29) is 28.6 Å². The Kier molecular flexibility index (Phi) is 4.18. The molecule has 3 aromatic rings.